The zero-order valence-electron chi connectivity index (χ0n) is 19.7. The van der Waals surface area contributed by atoms with E-state index in [1.165, 1.54) is 37.3 Å². The largest absolute Gasteiger partial charge is 0.338 e. The quantitative estimate of drug-likeness (QED) is 0.262. The van der Waals surface area contributed by atoms with Gasteiger partial charge in [0.25, 0.3) is 0 Å². The van der Waals surface area contributed by atoms with E-state index in [1.807, 2.05) is 7.05 Å². The van der Waals surface area contributed by atoms with Crippen LogP contribution in [-0.2, 0) is 0 Å². The molecule has 7 rings (SSSR count). The lowest BCUT2D eigenvalue weighted by Gasteiger charge is -2.19. The first-order valence-corrected chi connectivity index (χ1v) is 12.7. The Labute approximate surface area is 213 Å². The van der Waals surface area contributed by atoms with Gasteiger partial charge in [-0.1, -0.05) is 60.3 Å². The summed E-state index contributed by atoms with van der Waals surface area (Å²) in [7, 11) is 2.05. The van der Waals surface area contributed by atoms with Crippen LogP contribution in [0.5, 0.6) is 0 Å². The maximum Gasteiger partial charge on any atom is 0.178 e. The second kappa shape index (κ2) is 8.43. The highest BCUT2D eigenvalue weighted by Gasteiger charge is 2.27. The van der Waals surface area contributed by atoms with Gasteiger partial charge in [-0.15, -0.1) is 0 Å². The van der Waals surface area contributed by atoms with Crippen LogP contribution in [-0.4, -0.2) is 28.3 Å². The molecule has 0 saturated carbocycles. The molecule has 0 N–H and O–H groups in total. The third-order valence-corrected chi connectivity index (χ3v) is 7.63. The van der Waals surface area contributed by atoms with Gasteiger partial charge in [0.15, 0.2) is 11.6 Å². The first-order valence-electron chi connectivity index (χ1n) is 11.9. The molecule has 3 heterocycles. The molecule has 0 bridgehead atoms. The monoisotopic (exact) mass is 485 g/mol. The van der Waals surface area contributed by atoms with Crippen molar-refractivity contribution in [3.63, 3.8) is 0 Å². The van der Waals surface area contributed by atoms with E-state index in [4.69, 9.17) is 0 Å². The molecule has 0 amide bonds. The number of fused-ring (bicyclic) bond motifs is 4. The number of anilines is 3. The highest BCUT2D eigenvalue weighted by molar-refractivity contribution is 7.99. The van der Waals surface area contributed by atoms with E-state index < -0.39 is 0 Å². The average Bonchev–Trinajstić information content (AvgIpc) is 3.44. The molecule has 6 aromatic rings. The van der Waals surface area contributed by atoms with Crippen LogP contribution in [0.1, 0.15) is 0 Å². The topological polar surface area (TPSA) is 37.2 Å². The second-order valence-corrected chi connectivity index (χ2v) is 10.1. The summed E-state index contributed by atoms with van der Waals surface area (Å²) < 4.78 is 2.36. The lowest BCUT2D eigenvalue weighted by molar-refractivity contribution is 0.934. The van der Waals surface area contributed by atoms with Crippen molar-refractivity contribution in [3.05, 3.63) is 109 Å². The minimum absolute atomic E-state index is 0.733. The minimum Gasteiger partial charge on any atom is -0.338 e. The van der Waals surface area contributed by atoms with Gasteiger partial charge in [0.2, 0.25) is 0 Å². The van der Waals surface area contributed by atoms with E-state index in [2.05, 4.69) is 121 Å². The Kier molecular flexibility index (Phi) is 4.92. The van der Waals surface area contributed by atoms with Gasteiger partial charge in [0.05, 0.1) is 17.7 Å². The van der Waals surface area contributed by atoms with Gasteiger partial charge in [-0.25, -0.2) is 9.97 Å². The maximum absolute atomic E-state index is 4.59. The Hall–Kier alpha value is -4.29. The molecular weight excluding hydrogens is 462 g/mol. The number of para-hydroxylation sites is 2. The highest BCUT2D eigenvalue weighted by Crippen LogP contribution is 2.40. The van der Waals surface area contributed by atoms with Gasteiger partial charge >= 0.3 is 0 Å². The van der Waals surface area contributed by atoms with Crippen LogP contribution in [0.25, 0.3) is 27.5 Å². The van der Waals surface area contributed by atoms with Gasteiger partial charge < -0.3 is 14.4 Å². The maximum atomic E-state index is 4.59. The van der Waals surface area contributed by atoms with Gasteiger partial charge in [0, 0.05) is 51.4 Å². The van der Waals surface area contributed by atoms with Crippen LogP contribution in [0, 0.1) is 0 Å². The molecule has 0 fully saturated rings. The van der Waals surface area contributed by atoms with E-state index in [1.54, 1.807) is 24.2 Å². The number of aromatic nitrogens is 3. The zero-order valence-corrected chi connectivity index (χ0v) is 20.6. The molecule has 2 aromatic heterocycles. The number of hydrogen-bond acceptors (Lipinski definition) is 5. The predicted molar refractivity (Wildman–Crippen MR) is 149 cm³/mol. The fourth-order valence-electron chi connectivity index (χ4n) is 5.05. The summed E-state index contributed by atoms with van der Waals surface area (Å²) in [5.74, 6) is 1.81. The Morgan fingerprint density at radius 1 is 0.639 bits per heavy atom. The van der Waals surface area contributed by atoms with Crippen molar-refractivity contribution in [1.29, 1.82) is 0 Å². The molecule has 0 saturated heterocycles. The predicted octanol–water partition coefficient (Wildman–Crippen LogP) is 7.27. The molecular formula is C30H23N5S. The van der Waals surface area contributed by atoms with E-state index >= 15 is 0 Å². The van der Waals surface area contributed by atoms with Crippen LogP contribution in [0.4, 0.5) is 17.3 Å². The van der Waals surface area contributed by atoms with E-state index in [-0.39, 0.29) is 0 Å². The molecule has 0 atom stereocenters. The van der Waals surface area contributed by atoms with Crippen molar-refractivity contribution in [2.45, 2.75) is 9.79 Å². The van der Waals surface area contributed by atoms with Gasteiger partial charge in [-0.05, 0) is 48.5 Å². The third-order valence-electron chi connectivity index (χ3n) is 6.66. The molecule has 1 aliphatic rings. The van der Waals surface area contributed by atoms with Crippen molar-refractivity contribution in [2.24, 2.45) is 0 Å². The SMILES string of the molecule is CN1CN(c2cccc(Sc3ccc4c5ccccc5n(-c5ccccc5)c4c3)c2)c2nccnc21. The smallest absolute Gasteiger partial charge is 0.178 e. The molecule has 5 nitrogen and oxygen atoms in total. The zero-order chi connectivity index (χ0) is 24.1. The highest BCUT2D eigenvalue weighted by atomic mass is 32.2. The summed E-state index contributed by atoms with van der Waals surface area (Å²) >= 11 is 1.78. The van der Waals surface area contributed by atoms with Crippen LogP contribution in [0.3, 0.4) is 0 Å². The molecule has 0 aliphatic carbocycles. The van der Waals surface area contributed by atoms with Crippen LogP contribution in [0.2, 0.25) is 0 Å². The van der Waals surface area contributed by atoms with Gasteiger partial charge in [-0.2, -0.15) is 0 Å². The molecule has 0 spiro atoms. The summed E-state index contributed by atoms with van der Waals surface area (Å²) in [6.07, 6.45) is 3.50. The van der Waals surface area contributed by atoms with Gasteiger partial charge in [-0.3, -0.25) is 0 Å². The normalized spacial score (nSPS) is 13.0. The fourth-order valence-corrected chi connectivity index (χ4v) is 5.96. The lowest BCUT2D eigenvalue weighted by atomic mass is 10.2. The molecule has 4 aromatic carbocycles. The Morgan fingerprint density at radius 2 is 1.36 bits per heavy atom. The number of benzene rings is 4. The third kappa shape index (κ3) is 3.41. The average molecular weight is 486 g/mol. The molecule has 36 heavy (non-hydrogen) atoms. The summed E-state index contributed by atoms with van der Waals surface area (Å²) in [5.41, 5.74) is 4.73. The van der Waals surface area contributed by atoms with Crippen LogP contribution >= 0.6 is 11.8 Å². The van der Waals surface area contributed by atoms with Crippen molar-refractivity contribution in [2.75, 3.05) is 23.5 Å². The number of nitrogens with zero attached hydrogens (tertiary/aromatic N) is 5. The van der Waals surface area contributed by atoms with Crippen LogP contribution < -0.4 is 9.80 Å². The van der Waals surface area contributed by atoms with E-state index in [9.17, 15) is 0 Å². The lowest BCUT2D eigenvalue weighted by Crippen LogP contribution is -2.24. The Balaban J connectivity index is 1.29. The van der Waals surface area contributed by atoms with Crippen molar-refractivity contribution in [3.8, 4) is 5.69 Å². The first kappa shape index (κ1) is 21.0. The summed E-state index contributed by atoms with van der Waals surface area (Å²) in [4.78, 5) is 15.8. The first-order chi connectivity index (χ1) is 17.8. The minimum atomic E-state index is 0.733. The standard InChI is InChI=1S/C30H23N5S/c1-33-20-34(30-29(33)31-16-17-32-30)22-10-7-11-23(18-22)36-24-14-15-26-25-12-5-6-13-27(25)35(28(26)19-24)21-8-3-2-4-9-21/h2-19H,20H2,1H3. The van der Waals surface area contributed by atoms with E-state index in [0.29, 0.717) is 0 Å². The summed E-state index contributed by atoms with van der Waals surface area (Å²) in [6.45, 7) is 0.733. The molecule has 0 unspecified atom stereocenters. The Bertz CT molecular complexity index is 1730. The fraction of sp³-hybridized carbons (Fsp3) is 0.0667. The van der Waals surface area contributed by atoms with Crippen LogP contribution in [0.15, 0.2) is 119 Å². The van der Waals surface area contributed by atoms with Crippen molar-refractivity contribution < 1.29 is 0 Å². The van der Waals surface area contributed by atoms with E-state index in [0.717, 1.165) is 24.0 Å². The Morgan fingerprint density at radius 3 is 2.25 bits per heavy atom. The molecule has 0 radical (unpaired) electrons. The summed E-state index contributed by atoms with van der Waals surface area (Å²) in [5, 5.41) is 2.54. The van der Waals surface area contributed by atoms with Crippen molar-refractivity contribution in [1.82, 2.24) is 14.5 Å². The number of rotatable bonds is 4. The molecule has 174 valence electrons. The molecule has 6 heteroatoms. The van der Waals surface area contributed by atoms with Crippen molar-refractivity contribution >= 4 is 50.9 Å². The molecule has 1 aliphatic heterocycles. The number of hydrogen-bond donors (Lipinski definition) is 0. The van der Waals surface area contributed by atoms with Gasteiger partial charge in [0.1, 0.15) is 0 Å². The second-order valence-electron chi connectivity index (χ2n) is 8.94. The summed E-state index contributed by atoms with van der Waals surface area (Å²) in [6, 6.07) is 34.7.